The molecule has 2 aromatic rings. The second-order valence-corrected chi connectivity index (χ2v) is 3.98. The van der Waals surface area contributed by atoms with Crippen LogP contribution in [0.15, 0.2) is 35.2 Å². The summed E-state index contributed by atoms with van der Waals surface area (Å²) in [6, 6.07) is 6.25. The smallest absolute Gasteiger partial charge is 0.263 e. The minimum absolute atomic E-state index is 0.0308. The molecule has 0 unspecified atom stereocenters. The molecule has 84 valence electrons. The number of thiazole rings is 1. The molecule has 0 aliphatic heterocycles. The van der Waals surface area contributed by atoms with Crippen LogP contribution in [-0.2, 0) is 6.54 Å². The van der Waals surface area contributed by atoms with Gasteiger partial charge in [0.2, 0.25) is 0 Å². The van der Waals surface area contributed by atoms with Crippen LogP contribution in [0.5, 0.6) is 0 Å². The lowest BCUT2D eigenvalue weighted by atomic mass is 10.2. The Labute approximate surface area is 96.0 Å². The van der Waals surface area contributed by atoms with E-state index in [2.05, 4.69) is 10.3 Å². The zero-order valence-electron chi connectivity index (χ0n) is 8.36. The number of hydrogen-bond donors (Lipinski definition) is 1. The lowest BCUT2D eigenvalue weighted by Gasteiger charge is -2.06. The summed E-state index contributed by atoms with van der Waals surface area (Å²) in [6.07, 6.45) is -2.43. The molecule has 2 rings (SSSR count). The molecule has 1 heterocycles. The van der Waals surface area contributed by atoms with E-state index >= 15 is 0 Å². The first-order valence-electron chi connectivity index (χ1n) is 4.75. The predicted octanol–water partition coefficient (Wildman–Crippen LogP) is 3.69. The van der Waals surface area contributed by atoms with E-state index in [1.807, 2.05) is 5.38 Å². The summed E-state index contributed by atoms with van der Waals surface area (Å²) >= 11 is 1.51. The first-order chi connectivity index (χ1) is 7.75. The van der Waals surface area contributed by atoms with Gasteiger partial charge >= 0.3 is 0 Å². The second-order valence-electron chi connectivity index (χ2n) is 3.26. The summed E-state index contributed by atoms with van der Waals surface area (Å²) in [6.45, 7) is 0.552. The molecular weight excluding hydrogens is 230 g/mol. The van der Waals surface area contributed by atoms with Crippen LogP contribution in [0.1, 0.15) is 17.7 Å². The SMILES string of the molecule is FC(F)c1cccc(NCc2cscn2)c1. The molecule has 0 aliphatic rings. The Hall–Kier alpha value is -1.49. The normalized spacial score (nSPS) is 10.7. The zero-order chi connectivity index (χ0) is 11.4. The van der Waals surface area contributed by atoms with Crippen molar-refractivity contribution in [1.29, 1.82) is 0 Å². The van der Waals surface area contributed by atoms with Gasteiger partial charge in [-0.1, -0.05) is 12.1 Å². The van der Waals surface area contributed by atoms with Crippen LogP contribution in [0.2, 0.25) is 0 Å². The summed E-state index contributed by atoms with van der Waals surface area (Å²) in [7, 11) is 0. The van der Waals surface area contributed by atoms with Crippen molar-refractivity contribution in [3.05, 3.63) is 46.4 Å². The third kappa shape index (κ3) is 2.76. The molecule has 1 aromatic carbocycles. The maximum atomic E-state index is 12.4. The van der Waals surface area contributed by atoms with Crippen LogP contribution >= 0.6 is 11.3 Å². The third-order valence-electron chi connectivity index (χ3n) is 2.10. The van der Waals surface area contributed by atoms with Crippen molar-refractivity contribution in [2.45, 2.75) is 13.0 Å². The Kier molecular flexibility index (Phi) is 3.46. The number of halogens is 2. The summed E-state index contributed by atoms with van der Waals surface area (Å²) in [5.41, 5.74) is 3.37. The maximum Gasteiger partial charge on any atom is 0.263 e. The van der Waals surface area contributed by atoms with Crippen LogP contribution in [0.4, 0.5) is 14.5 Å². The number of hydrogen-bond acceptors (Lipinski definition) is 3. The van der Waals surface area contributed by atoms with Crippen molar-refractivity contribution in [3.63, 3.8) is 0 Å². The molecular formula is C11H10F2N2S. The molecule has 5 heteroatoms. The Balaban J connectivity index is 2.01. The summed E-state index contributed by atoms with van der Waals surface area (Å²) < 4.78 is 24.8. The van der Waals surface area contributed by atoms with Gasteiger partial charge < -0.3 is 5.32 Å². The highest BCUT2D eigenvalue weighted by molar-refractivity contribution is 7.07. The average Bonchev–Trinajstić information content (AvgIpc) is 2.79. The quantitative estimate of drug-likeness (QED) is 0.881. The molecule has 1 aromatic heterocycles. The highest BCUT2D eigenvalue weighted by atomic mass is 32.1. The number of aromatic nitrogens is 1. The van der Waals surface area contributed by atoms with Crippen LogP contribution in [-0.4, -0.2) is 4.98 Å². The van der Waals surface area contributed by atoms with Gasteiger partial charge in [0.05, 0.1) is 17.7 Å². The van der Waals surface area contributed by atoms with Gasteiger partial charge in [-0.2, -0.15) is 0 Å². The fourth-order valence-corrected chi connectivity index (χ4v) is 1.86. The van der Waals surface area contributed by atoms with Crippen molar-refractivity contribution >= 4 is 17.0 Å². The molecule has 0 saturated heterocycles. The van der Waals surface area contributed by atoms with E-state index in [0.717, 1.165) is 5.69 Å². The van der Waals surface area contributed by atoms with Crippen LogP contribution < -0.4 is 5.32 Å². The van der Waals surface area contributed by atoms with E-state index in [-0.39, 0.29) is 5.56 Å². The maximum absolute atomic E-state index is 12.4. The molecule has 0 fully saturated rings. The van der Waals surface area contributed by atoms with Crippen molar-refractivity contribution < 1.29 is 8.78 Å². The van der Waals surface area contributed by atoms with Gasteiger partial charge in [-0.15, -0.1) is 11.3 Å². The van der Waals surface area contributed by atoms with E-state index in [4.69, 9.17) is 0 Å². The van der Waals surface area contributed by atoms with Gasteiger partial charge in [0.25, 0.3) is 6.43 Å². The molecule has 0 saturated carbocycles. The number of anilines is 1. The van der Waals surface area contributed by atoms with Gasteiger partial charge in [0.1, 0.15) is 0 Å². The first-order valence-corrected chi connectivity index (χ1v) is 5.69. The monoisotopic (exact) mass is 240 g/mol. The molecule has 0 aliphatic carbocycles. The van der Waals surface area contributed by atoms with Gasteiger partial charge in [-0.3, -0.25) is 0 Å². The number of alkyl halides is 2. The summed E-state index contributed by atoms with van der Waals surface area (Å²) in [4.78, 5) is 4.10. The lowest BCUT2D eigenvalue weighted by Crippen LogP contribution is -1.99. The van der Waals surface area contributed by atoms with Crippen LogP contribution in [0.3, 0.4) is 0 Å². The van der Waals surface area contributed by atoms with Crippen LogP contribution in [0, 0.1) is 0 Å². The summed E-state index contributed by atoms with van der Waals surface area (Å²) in [5, 5.41) is 4.97. The van der Waals surface area contributed by atoms with E-state index in [0.29, 0.717) is 12.2 Å². The van der Waals surface area contributed by atoms with E-state index in [1.54, 1.807) is 17.6 Å². The molecule has 1 N–H and O–H groups in total. The van der Waals surface area contributed by atoms with Crippen molar-refractivity contribution in [2.24, 2.45) is 0 Å². The van der Waals surface area contributed by atoms with E-state index in [9.17, 15) is 8.78 Å². The Morgan fingerprint density at radius 3 is 2.94 bits per heavy atom. The highest BCUT2D eigenvalue weighted by Crippen LogP contribution is 2.21. The Morgan fingerprint density at radius 1 is 1.38 bits per heavy atom. The molecule has 16 heavy (non-hydrogen) atoms. The lowest BCUT2D eigenvalue weighted by molar-refractivity contribution is 0.151. The van der Waals surface area contributed by atoms with Crippen LogP contribution in [0.25, 0.3) is 0 Å². The van der Waals surface area contributed by atoms with Crippen molar-refractivity contribution in [2.75, 3.05) is 5.32 Å². The van der Waals surface area contributed by atoms with Gasteiger partial charge in [0.15, 0.2) is 0 Å². The number of rotatable bonds is 4. The van der Waals surface area contributed by atoms with Gasteiger partial charge in [0, 0.05) is 16.6 Å². The van der Waals surface area contributed by atoms with E-state index in [1.165, 1.54) is 23.5 Å². The van der Waals surface area contributed by atoms with Gasteiger partial charge in [-0.25, -0.2) is 13.8 Å². The summed E-state index contributed by atoms with van der Waals surface area (Å²) in [5.74, 6) is 0. The number of benzene rings is 1. The largest absolute Gasteiger partial charge is 0.379 e. The number of nitrogens with one attached hydrogen (secondary N) is 1. The topological polar surface area (TPSA) is 24.9 Å². The fourth-order valence-electron chi connectivity index (χ4n) is 1.30. The fraction of sp³-hybridized carbons (Fsp3) is 0.182. The van der Waals surface area contributed by atoms with Crippen molar-refractivity contribution in [3.8, 4) is 0 Å². The Bertz CT molecular complexity index is 443. The molecule has 0 amide bonds. The molecule has 0 atom stereocenters. The Morgan fingerprint density at radius 2 is 2.25 bits per heavy atom. The van der Waals surface area contributed by atoms with Crippen molar-refractivity contribution in [1.82, 2.24) is 4.98 Å². The third-order valence-corrected chi connectivity index (χ3v) is 2.73. The highest BCUT2D eigenvalue weighted by Gasteiger charge is 2.06. The van der Waals surface area contributed by atoms with Gasteiger partial charge in [-0.05, 0) is 12.1 Å². The predicted molar refractivity (Wildman–Crippen MR) is 60.8 cm³/mol. The minimum atomic E-state index is -2.43. The first kappa shape index (κ1) is 11.0. The molecule has 0 radical (unpaired) electrons. The molecule has 0 spiro atoms. The molecule has 0 bridgehead atoms. The standard InChI is InChI=1S/C11H10F2N2S/c12-11(13)8-2-1-3-9(4-8)14-5-10-6-16-7-15-10/h1-4,6-7,11,14H,5H2. The number of nitrogens with zero attached hydrogens (tertiary/aromatic N) is 1. The average molecular weight is 240 g/mol. The zero-order valence-corrected chi connectivity index (χ0v) is 9.18. The molecule has 2 nitrogen and oxygen atoms in total. The second kappa shape index (κ2) is 5.03. The minimum Gasteiger partial charge on any atom is -0.379 e. The van der Waals surface area contributed by atoms with E-state index < -0.39 is 6.43 Å².